The smallest absolute Gasteiger partial charge is 0.0978 e. The summed E-state index contributed by atoms with van der Waals surface area (Å²) in [4.78, 5) is 11.2. The maximum atomic E-state index is 5.66. The molecule has 278 valence electrons. The van der Waals surface area contributed by atoms with E-state index in [1.54, 1.807) is 5.56 Å². The van der Waals surface area contributed by atoms with Gasteiger partial charge in [0.05, 0.1) is 22.4 Å². The van der Waals surface area contributed by atoms with Gasteiger partial charge in [0.15, 0.2) is 0 Å². The van der Waals surface area contributed by atoms with E-state index in [0.29, 0.717) is 11.8 Å². The molecule has 2 nitrogen and oxygen atoms in total. The standard InChI is InChI=1S/C55H48N2/c1-7-8-22-46-34(2)39-26-24-37(30-48(39)54(46,3)4)50-32-44(35-17-11-9-12-18-35)42-28-29-43-45(36-19-13-10-14-20-36)33-51(57-53(43)52(42)56-50)38-25-27-41-40-21-15-16-23-47(40)55(5,6)49(41)31-38/h1,8-14,17-20,22,24-33,40,47H,15-16,21,23H2,2-6H3/b22-8-. The summed E-state index contributed by atoms with van der Waals surface area (Å²) < 4.78 is 0. The van der Waals surface area contributed by atoms with Crippen LogP contribution in [0.4, 0.5) is 0 Å². The van der Waals surface area contributed by atoms with Gasteiger partial charge < -0.3 is 0 Å². The molecule has 0 N–H and O–H groups in total. The number of fused-ring (bicyclic) bond motifs is 7. The fourth-order valence-corrected chi connectivity index (χ4v) is 10.9. The second-order valence-electron chi connectivity index (χ2n) is 17.6. The van der Waals surface area contributed by atoms with Crippen LogP contribution in [0.25, 0.3) is 72.1 Å². The zero-order valence-corrected chi connectivity index (χ0v) is 33.7. The Bertz CT molecular complexity index is 2860. The van der Waals surface area contributed by atoms with E-state index in [2.05, 4.69) is 168 Å². The van der Waals surface area contributed by atoms with Crippen LogP contribution < -0.4 is 0 Å². The molecule has 2 aromatic heterocycles. The van der Waals surface area contributed by atoms with Gasteiger partial charge >= 0.3 is 0 Å². The Hall–Kier alpha value is -6.04. The van der Waals surface area contributed by atoms with Crippen molar-refractivity contribution < 1.29 is 0 Å². The molecule has 0 saturated heterocycles. The highest BCUT2D eigenvalue weighted by molar-refractivity contribution is 6.13. The highest BCUT2D eigenvalue weighted by Crippen LogP contribution is 2.57. The van der Waals surface area contributed by atoms with Gasteiger partial charge in [0.25, 0.3) is 0 Å². The first kappa shape index (κ1) is 35.4. The molecule has 2 unspecified atom stereocenters. The molecule has 0 bridgehead atoms. The SMILES string of the molecule is C#C/C=C\C1=C(C)c2ccc(-c3cc(-c4ccccc4)c4ccc5c(-c6ccccc6)cc(-c6ccc7c(c6)C(C)(C)C6CCCCC76)nc5c4n3)cc2C1(C)C. The lowest BCUT2D eigenvalue weighted by Gasteiger charge is -2.34. The third kappa shape index (κ3) is 5.54. The lowest BCUT2D eigenvalue weighted by Crippen LogP contribution is -2.28. The van der Waals surface area contributed by atoms with Gasteiger partial charge in [0, 0.05) is 27.3 Å². The van der Waals surface area contributed by atoms with E-state index in [-0.39, 0.29) is 10.8 Å². The van der Waals surface area contributed by atoms with E-state index in [0.717, 1.165) is 49.9 Å². The average molecular weight is 737 g/mol. The van der Waals surface area contributed by atoms with Crippen LogP contribution in [0, 0.1) is 18.3 Å². The van der Waals surface area contributed by atoms with Gasteiger partial charge in [-0.3, -0.25) is 0 Å². The van der Waals surface area contributed by atoms with Crippen molar-refractivity contribution in [2.45, 2.75) is 77.0 Å². The topological polar surface area (TPSA) is 25.8 Å². The van der Waals surface area contributed by atoms with Crippen molar-refractivity contribution in [1.82, 2.24) is 9.97 Å². The van der Waals surface area contributed by atoms with Crippen molar-refractivity contribution in [2.24, 2.45) is 5.92 Å². The van der Waals surface area contributed by atoms with Crippen LogP contribution in [-0.4, -0.2) is 9.97 Å². The summed E-state index contributed by atoms with van der Waals surface area (Å²) in [6.07, 6.45) is 14.9. The largest absolute Gasteiger partial charge is 0.245 e. The lowest BCUT2D eigenvalue weighted by molar-refractivity contribution is 0.233. The number of hydrogen-bond acceptors (Lipinski definition) is 2. The normalized spacial score (nSPS) is 19.2. The quantitative estimate of drug-likeness (QED) is 0.130. The fourth-order valence-electron chi connectivity index (χ4n) is 10.9. The Kier molecular flexibility index (Phi) is 8.24. The molecule has 3 aliphatic rings. The molecule has 3 aliphatic carbocycles. The van der Waals surface area contributed by atoms with Crippen LogP contribution in [-0.2, 0) is 10.8 Å². The average Bonchev–Trinajstić information content (AvgIpc) is 3.59. The second kappa shape index (κ2) is 13.3. The number of nitrogens with zero attached hydrogens (tertiary/aromatic N) is 2. The summed E-state index contributed by atoms with van der Waals surface area (Å²) in [5.74, 6) is 4.07. The molecule has 1 saturated carbocycles. The van der Waals surface area contributed by atoms with E-state index in [1.165, 1.54) is 70.2 Å². The molecule has 0 spiro atoms. The first-order chi connectivity index (χ1) is 27.6. The van der Waals surface area contributed by atoms with Gasteiger partial charge in [-0.05, 0) is 129 Å². The van der Waals surface area contributed by atoms with Crippen LogP contribution in [0.1, 0.15) is 88.5 Å². The minimum absolute atomic E-state index is 0.139. The molecule has 2 atom stereocenters. The first-order valence-electron chi connectivity index (χ1n) is 20.7. The predicted octanol–water partition coefficient (Wildman–Crippen LogP) is 14.3. The van der Waals surface area contributed by atoms with Crippen molar-refractivity contribution in [3.8, 4) is 57.1 Å². The Morgan fingerprint density at radius 3 is 1.77 bits per heavy atom. The van der Waals surface area contributed by atoms with Crippen LogP contribution in [0.5, 0.6) is 0 Å². The number of benzene rings is 5. The molecule has 2 heterocycles. The molecule has 0 aliphatic heterocycles. The van der Waals surface area contributed by atoms with Crippen molar-refractivity contribution in [2.75, 3.05) is 0 Å². The maximum absolute atomic E-state index is 5.66. The zero-order valence-electron chi connectivity index (χ0n) is 33.7. The van der Waals surface area contributed by atoms with E-state index < -0.39 is 0 Å². The molecule has 57 heavy (non-hydrogen) atoms. The number of aromatic nitrogens is 2. The number of allylic oxidation sites excluding steroid dienone is 4. The Morgan fingerprint density at radius 1 is 0.614 bits per heavy atom. The van der Waals surface area contributed by atoms with Crippen LogP contribution in [0.3, 0.4) is 0 Å². The molecular weight excluding hydrogens is 689 g/mol. The van der Waals surface area contributed by atoms with E-state index >= 15 is 0 Å². The van der Waals surface area contributed by atoms with Crippen molar-refractivity contribution in [3.63, 3.8) is 0 Å². The lowest BCUT2D eigenvalue weighted by atomic mass is 9.70. The van der Waals surface area contributed by atoms with Gasteiger partial charge in [-0.15, -0.1) is 6.42 Å². The number of pyridine rings is 2. The molecule has 1 fully saturated rings. The summed E-state index contributed by atoms with van der Waals surface area (Å²) in [6, 6.07) is 44.7. The first-order valence-corrected chi connectivity index (χ1v) is 20.7. The van der Waals surface area contributed by atoms with Crippen molar-refractivity contribution in [1.29, 1.82) is 0 Å². The van der Waals surface area contributed by atoms with Crippen molar-refractivity contribution in [3.05, 3.63) is 161 Å². The van der Waals surface area contributed by atoms with Crippen LogP contribution in [0.2, 0.25) is 0 Å². The summed E-state index contributed by atoms with van der Waals surface area (Å²) in [7, 11) is 0. The van der Waals surface area contributed by atoms with E-state index in [4.69, 9.17) is 16.4 Å². The molecule has 2 heteroatoms. The van der Waals surface area contributed by atoms with Gasteiger partial charge in [-0.2, -0.15) is 0 Å². The summed E-state index contributed by atoms with van der Waals surface area (Å²) in [5.41, 5.74) is 18.8. The zero-order chi connectivity index (χ0) is 39.1. The molecule has 0 radical (unpaired) electrons. The Morgan fingerprint density at radius 2 is 1.18 bits per heavy atom. The monoisotopic (exact) mass is 736 g/mol. The van der Waals surface area contributed by atoms with Crippen molar-refractivity contribution >= 4 is 27.4 Å². The Labute approximate surface area is 337 Å². The fraction of sp³-hybridized carbons (Fsp3) is 0.236. The van der Waals surface area contributed by atoms with E-state index in [1.807, 2.05) is 6.08 Å². The highest BCUT2D eigenvalue weighted by Gasteiger charge is 2.46. The third-order valence-electron chi connectivity index (χ3n) is 13.9. The van der Waals surface area contributed by atoms with Gasteiger partial charge in [0.1, 0.15) is 0 Å². The number of terminal acetylenes is 1. The molecule has 7 aromatic rings. The molecule has 10 rings (SSSR count). The minimum Gasteiger partial charge on any atom is -0.245 e. The molecular formula is C55H48N2. The van der Waals surface area contributed by atoms with Crippen LogP contribution in [0.15, 0.2) is 139 Å². The maximum Gasteiger partial charge on any atom is 0.0978 e. The van der Waals surface area contributed by atoms with Crippen LogP contribution >= 0.6 is 0 Å². The highest BCUT2D eigenvalue weighted by atomic mass is 14.8. The molecule has 0 amide bonds. The third-order valence-corrected chi connectivity index (χ3v) is 13.9. The summed E-state index contributed by atoms with van der Waals surface area (Å²) in [5, 5.41) is 2.20. The summed E-state index contributed by atoms with van der Waals surface area (Å²) >= 11 is 0. The predicted molar refractivity (Wildman–Crippen MR) is 240 cm³/mol. The van der Waals surface area contributed by atoms with E-state index in [9.17, 15) is 0 Å². The van der Waals surface area contributed by atoms with Gasteiger partial charge in [0.2, 0.25) is 0 Å². The number of hydrogen-bond donors (Lipinski definition) is 0. The van der Waals surface area contributed by atoms with Gasteiger partial charge in [-0.25, -0.2) is 9.97 Å². The van der Waals surface area contributed by atoms with Gasteiger partial charge in [-0.1, -0.05) is 144 Å². The second-order valence-corrected chi connectivity index (χ2v) is 17.6. The minimum atomic E-state index is -0.197. The summed E-state index contributed by atoms with van der Waals surface area (Å²) in [6.45, 7) is 11.8. The Balaban J connectivity index is 1.22. The molecule has 5 aromatic carbocycles. The number of rotatable bonds is 5.